The molecule has 1 aliphatic rings. The molecule has 1 rings (SSSR count). The predicted octanol–water partition coefficient (Wildman–Crippen LogP) is 4.40. The lowest BCUT2D eigenvalue weighted by atomic mass is 9.91. The molecule has 0 amide bonds. The Morgan fingerprint density at radius 2 is 2.38 bits per heavy atom. The van der Waals surface area contributed by atoms with Crippen LogP contribution >= 0.6 is 0 Å². The second-order valence-electron chi connectivity index (χ2n) is 3.65. The summed E-state index contributed by atoms with van der Waals surface area (Å²) in [6, 6.07) is 0. The standard InChI is InChI=1S/C13H20/c1-3-8-12(9-4-2)13-10-6-5-7-11-13/h3,8,10H,1,4-7,9,11H2,2H3/b12-8+. The van der Waals surface area contributed by atoms with E-state index >= 15 is 0 Å². The van der Waals surface area contributed by atoms with E-state index in [0.717, 1.165) is 0 Å². The normalized spacial score (nSPS) is 18.2. The molecule has 0 aromatic rings. The van der Waals surface area contributed by atoms with Crippen molar-refractivity contribution >= 4 is 0 Å². The summed E-state index contributed by atoms with van der Waals surface area (Å²) < 4.78 is 0. The van der Waals surface area contributed by atoms with Gasteiger partial charge in [-0.15, -0.1) is 0 Å². The monoisotopic (exact) mass is 176 g/mol. The molecule has 0 heterocycles. The van der Waals surface area contributed by atoms with Gasteiger partial charge in [0, 0.05) is 0 Å². The van der Waals surface area contributed by atoms with Crippen LogP contribution in [0.15, 0.2) is 36.0 Å². The fourth-order valence-electron chi connectivity index (χ4n) is 1.89. The van der Waals surface area contributed by atoms with Crippen molar-refractivity contribution in [3.63, 3.8) is 0 Å². The first-order chi connectivity index (χ1) is 6.38. The maximum atomic E-state index is 3.77. The first-order valence-corrected chi connectivity index (χ1v) is 5.39. The molecule has 0 saturated heterocycles. The number of rotatable bonds is 4. The lowest BCUT2D eigenvalue weighted by Crippen LogP contribution is -1.95. The molecule has 0 atom stereocenters. The van der Waals surface area contributed by atoms with Crippen LogP contribution < -0.4 is 0 Å². The van der Waals surface area contributed by atoms with Crippen LogP contribution in [-0.4, -0.2) is 0 Å². The summed E-state index contributed by atoms with van der Waals surface area (Å²) in [6.45, 7) is 6.01. The predicted molar refractivity (Wildman–Crippen MR) is 59.7 cm³/mol. The maximum Gasteiger partial charge on any atom is -0.0279 e. The Bertz CT molecular complexity index is 218. The van der Waals surface area contributed by atoms with Crippen molar-refractivity contribution in [2.24, 2.45) is 0 Å². The van der Waals surface area contributed by atoms with Crippen LogP contribution in [0.4, 0.5) is 0 Å². The molecule has 0 nitrogen and oxygen atoms in total. The van der Waals surface area contributed by atoms with E-state index in [4.69, 9.17) is 0 Å². The Morgan fingerprint density at radius 3 is 2.92 bits per heavy atom. The van der Waals surface area contributed by atoms with Crippen molar-refractivity contribution in [2.75, 3.05) is 0 Å². The van der Waals surface area contributed by atoms with Crippen molar-refractivity contribution in [3.05, 3.63) is 36.0 Å². The van der Waals surface area contributed by atoms with Gasteiger partial charge in [-0.1, -0.05) is 38.2 Å². The average molecular weight is 176 g/mol. The van der Waals surface area contributed by atoms with E-state index in [1.165, 1.54) is 44.1 Å². The minimum Gasteiger partial charge on any atom is -0.0991 e. The van der Waals surface area contributed by atoms with Gasteiger partial charge in [-0.25, -0.2) is 0 Å². The first kappa shape index (κ1) is 10.3. The molecule has 0 bridgehead atoms. The van der Waals surface area contributed by atoms with E-state index in [1.807, 2.05) is 6.08 Å². The van der Waals surface area contributed by atoms with Gasteiger partial charge < -0.3 is 0 Å². The molecule has 0 N–H and O–H groups in total. The summed E-state index contributed by atoms with van der Waals surface area (Å²) in [6.07, 6.45) is 14.2. The molecule has 0 aromatic heterocycles. The number of hydrogen-bond acceptors (Lipinski definition) is 0. The molecule has 0 fully saturated rings. The van der Waals surface area contributed by atoms with E-state index in [0.29, 0.717) is 0 Å². The van der Waals surface area contributed by atoms with Gasteiger partial charge in [0.2, 0.25) is 0 Å². The van der Waals surface area contributed by atoms with Crippen LogP contribution in [0.2, 0.25) is 0 Å². The van der Waals surface area contributed by atoms with Gasteiger partial charge in [0.05, 0.1) is 0 Å². The van der Waals surface area contributed by atoms with E-state index in [2.05, 4.69) is 25.7 Å². The highest BCUT2D eigenvalue weighted by Crippen LogP contribution is 2.26. The van der Waals surface area contributed by atoms with Crippen LogP contribution in [0, 0.1) is 0 Å². The van der Waals surface area contributed by atoms with Gasteiger partial charge in [0.15, 0.2) is 0 Å². The Morgan fingerprint density at radius 1 is 1.54 bits per heavy atom. The zero-order valence-electron chi connectivity index (χ0n) is 8.68. The van der Waals surface area contributed by atoms with Crippen molar-refractivity contribution < 1.29 is 0 Å². The van der Waals surface area contributed by atoms with Crippen molar-refractivity contribution in [1.29, 1.82) is 0 Å². The summed E-state index contributed by atoms with van der Waals surface area (Å²) in [5.41, 5.74) is 3.09. The summed E-state index contributed by atoms with van der Waals surface area (Å²) in [4.78, 5) is 0. The second-order valence-corrected chi connectivity index (χ2v) is 3.65. The van der Waals surface area contributed by atoms with Gasteiger partial charge in [0.25, 0.3) is 0 Å². The van der Waals surface area contributed by atoms with Crippen molar-refractivity contribution in [2.45, 2.75) is 45.4 Å². The van der Waals surface area contributed by atoms with E-state index in [9.17, 15) is 0 Å². The molecule has 0 saturated carbocycles. The average Bonchev–Trinajstić information content (AvgIpc) is 2.19. The zero-order valence-corrected chi connectivity index (χ0v) is 8.68. The van der Waals surface area contributed by atoms with Crippen LogP contribution in [0.1, 0.15) is 45.4 Å². The summed E-state index contributed by atoms with van der Waals surface area (Å²) >= 11 is 0. The van der Waals surface area contributed by atoms with Gasteiger partial charge in [-0.05, 0) is 43.3 Å². The van der Waals surface area contributed by atoms with Gasteiger partial charge >= 0.3 is 0 Å². The molecule has 1 aliphatic carbocycles. The molecule has 0 aromatic carbocycles. The Labute approximate surface area is 82.0 Å². The molecular weight excluding hydrogens is 156 g/mol. The molecule has 72 valence electrons. The topological polar surface area (TPSA) is 0 Å². The van der Waals surface area contributed by atoms with Crippen LogP contribution in [0.5, 0.6) is 0 Å². The maximum absolute atomic E-state index is 3.77. The Balaban J connectivity index is 2.67. The van der Waals surface area contributed by atoms with Crippen LogP contribution in [0.25, 0.3) is 0 Å². The highest BCUT2D eigenvalue weighted by atomic mass is 14.1. The lowest BCUT2D eigenvalue weighted by Gasteiger charge is -2.15. The smallest absolute Gasteiger partial charge is 0.0279 e. The third-order valence-corrected chi connectivity index (χ3v) is 2.54. The zero-order chi connectivity index (χ0) is 9.52. The van der Waals surface area contributed by atoms with Crippen LogP contribution in [0.3, 0.4) is 0 Å². The van der Waals surface area contributed by atoms with Crippen molar-refractivity contribution in [1.82, 2.24) is 0 Å². The third-order valence-electron chi connectivity index (χ3n) is 2.54. The fraction of sp³-hybridized carbons (Fsp3) is 0.538. The molecule has 13 heavy (non-hydrogen) atoms. The van der Waals surface area contributed by atoms with Crippen LogP contribution in [-0.2, 0) is 0 Å². The minimum atomic E-state index is 1.21. The van der Waals surface area contributed by atoms with Crippen molar-refractivity contribution in [3.8, 4) is 0 Å². The molecule has 0 unspecified atom stereocenters. The quantitative estimate of drug-likeness (QED) is 0.557. The summed E-state index contributed by atoms with van der Waals surface area (Å²) in [7, 11) is 0. The minimum absolute atomic E-state index is 1.21. The van der Waals surface area contributed by atoms with Gasteiger partial charge in [0.1, 0.15) is 0 Å². The highest BCUT2D eigenvalue weighted by Gasteiger charge is 2.06. The second kappa shape index (κ2) is 5.80. The third kappa shape index (κ3) is 3.22. The number of hydrogen-bond donors (Lipinski definition) is 0. The highest BCUT2D eigenvalue weighted by molar-refractivity contribution is 5.34. The molecular formula is C13H20. The van der Waals surface area contributed by atoms with E-state index < -0.39 is 0 Å². The number of allylic oxidation sites excluding steroid dienone is 5. The fourth-order valence-corrected chi connectivity index (χ4v) is 1.89. The molecule has 0 aliphatic heterocycles. The molecule has 0 spiro atoms. The summed E-state index contributed by atoms with van der Waals surface area (Å²) in [5.74, 6) is 0. The first-order valence-electron chi connectivity index (χ1n) is 5.39. The Hall–Kier alpha value is -0.780. The largest absolute Gasteiger partial charge is 0.0991 e. The van der Waals surface area contributed by atoms with E-state index in [-0.39, 0.29) is 0 Å². The summed E-state index contributed by atoms with van der Waals surface area (Å²) in [5, 5.41) is 0. The SMILES string of the molecule is C=C/C=C(\CCC)C1=CCCCC1. The molecule has 0 radical (unpaired) electrons. The van der Waals surface area contributed by atoms with Gasteiger partial charge in [-0.2, -0.15) is 0 Å². The Kier molecular flexibility index (Phi) is 4.59. The molecule has 0 heteroatoms. The van der Waals surface area contributed by atoms with E-state index in [1.54, 1.807) is 5.57 Å². The lowest BCUT2D eigenvalue weighted by molar-refractivity contribution is 0.697. The van der Waals surface area contributed by atoms with Gasteiger partial charge in [-0.3, -0.25) is 0 Å².